The molecule has 0 radical (unpaired) electrons. The van der Waals surface area contributed by atoms with Gasteiger partial charge in [0.25, 0.3) is 0 Å². The molecule has 6 heterocycles. The number of rotatable bonds is 5. The first-order chi connectivity index (χ1) is 22.2. The third-order valence-electron chi connectivity index (χ3n) is 5.47. The molecule has 0 aliphatic rings. The van der Waals surface area contributed by atoms with Crippen LogP contribution in [0.3, 0.4) is 0 Å². The third-order valence-corrected chi connectivity index (χ3v) is 5.47. The molecule has 0 fully saturated rings. The molecule has 6 rings (SSSR count). The van der Waals surface area contributed by atoms with Gasteiger partial charge in [-0.3, -0.25) is 29.9 Å². The largest absolute Gasteiger partial charge is 0.255 e. The summed E-state index contributed by atoms with van der Waals surface area (Å²) in [5.41, 5.74) is 4.79. The van der Waals surface area contributed by atoms with Crippen LogP contribution in [0, 0.1) is 0 Å². The van der Waals surface area contributed by atoms with Crippen molar-refractivity contribution in [1.29, 1.82) is 0 Å². The quantitative estimate of drug-likeness (QED) is 0.166. The van der Waals surface area contributed by atoms with Crippen molar-refractivity contribution in [1.82, 2.24) is 29.9 Å². The Bertz CT molecular complexity index is 1550. The Balaban J connectivity index is 0.000000182. The fraction of sp³-hybridized carbons (Fsp3) is 0. The molecule has 0 aromatic carbocycles. The van der Waals surface area contributed by atoms with Gasteiger partial charge < -0.3 is 10.2 Å². The van der Waals surface area contributed by atoms with Crippen LogP contribution in [-0.4, -0.2) is 52.1 Å². The van der Waals surface area contributed by atoms with Gasteiger partial charge in [0.15, 0.2) is 0 Å². The van der Waals surface area contributed by atoms with Crippen molar-refractivity contribution in [3.63, 3.8) is 0 Å². The fourth-order valence-electron chi connectivity index (χ4n) is 3.40. The number of pyridine rings is 6. The number of aromatic nitrogens is 6. The maximum Gasteiger partial charge on any atom is 0.0886 e. The molecular formula is C32H24Cl3N6O4Ru. The van der Waals surface area contributed by atoms with Gasteiger partial charge in [0, 0.05) is 37.2 Å². The molecule has 235 valence electrons. The number of carboxylic acids is 2. The Labute approximate surface area is 281 Å². The summed E-state index contributed by atoms with van der Waals surface area (Å²) in [7, 11) is 14.8. The van der Waals surface area contributed by atoms with Crippen molar-refractivity contribution in [2.45, 2.75) is 0 Å². The normalized spacial score (nSPS) is 9.93. The average molecular weight is 764 g/mol. The van der Waals surface area contributed by atoms with Gasteiger partial charge in [-0.2, -0.15) is 0 Å². The predicted octanol–water partition coefficient (Wildman–Crippen LogP) is 7.89. The van der Waals surface area contributed by atoms with Gasteiger partial charge in [-0.25, -0.2) is 9.59 Å². The summed E-state index contributed by atoms with van der Waals surface area (Å²) in [5.74, 6) is -2.11. The van der Waals surface area contributed by atoms with Crippen molar-refractivity contribution in [3.05, 3.63) is 145 Å². The van der Waals surface area contributed by atoms with E-state index in [-0.39, 0.29) is 11.1 Å². The van der Waals surface area contributed by atoms with Crippen LogP contribution >= 0.6 is 29.1 Å². The maximum atomic E-state index is 10.6. The molecule has 0 spiro atoms. The Morgan fingerprint density at radius 1 is 0.435 bits per heavy atom. The van der Waals surface area contributed by atoms with Crippen LogP contribution in [0.2, 0.25) is 0 Å². The summed E-state index contributed by atoms with van der Waals surface area (Å²) in [6, 6.07) is 29.1. The van der Waals surface area contributed by atoms with E-state index in [0.29, 0.717) is 11.4 Å². The SMILES string of the molecule is O=C(O)c1ccc(-c2ccc(C(=O)O)cn2)nc1.[Cl][Ru]([Cl])[Cl].c1ccc(-c2ccccn2)nc1.c1ccc(-c2ccccn2)nc1. The third kappa shape index (κ3) is 12.7. The molecule has 0 saturated carbocycles. The molecule has 0 atom stereocenters. The molecule has 0 unspecified atom stereocenters. The van der Waals surface area contributed by atoms with Gasteiger partial charge in [0.2, 0.25) is 0 Å². The summed E-state index contributed by atoms with van der Waals surface area (Å²) in [5, 5.41) is 17.4. The summed E-state index contributed by atoms with van der Waals surface area (Å²) >= 11 is -1.75. The molecule has 0 aliphatic carbocycles. The van der Waals surface area contributed by atoms with E-state index in [0.717, 1.165) is 22.8 Å². The van der Waals surface area contributed by atoms with Crippen LogP contribution < -0.4 is 0 Å². The van der Waals surface area contributed by atoms with Gasteiger partial charge in [-0.15, -0.1) is 0 Å². The Kier molecular flexibility index (Phi) is 15.3. The second-order valence-corrected chi connectivity index (χ2v) is 16.4. The zero-order valence-corrected chi connectivity index (χ0v) is 27.6. The van der Waals surface area contributed by atoms with Crippen LogP contribution in [0.1, 0.15) is 20.7 Å². The zero-order valence-electron chi connectivity index (χ0n) is 23.6. The van der Waals surface area contributed by atoms with Crippen molar-refractivity contribution in [2.24, 2.45) is 0 Å². The van der Waals surface area contributed by atoms with Crippen LogP contribution in [-0.2, 0) is 13.0 Å². The second kappa shape index (κ2) is 19.7. The Hall–Kier alpha value is -4.67. The average Bonchev–Trinajstić information content (AvgIpc) is 3.10. The van der Waals surface area contributed by atoms with Crippen LogP contribution in [0.5, 0.6) is 0 Å². The molecule has 6 aromatic heterocycles. The van der Waals surface area contributed by atoms with E-state index in [1.54, 1.807) is 24.8 Å². The maximum absolute atomic E-state index is 10.6. The molecule has 0 bridgehead atoms. The van der Waals surface area contributed by atoms with Gasteiger partial charge >= 0.3 is 54.0 Å². The summed E-state index contributed by atoms with van der Waals surface area (Å²) in [6.07, 6.45) is 9.52. The number of halogens is 3. The number of nitrogens with zero attached hydrogens (tertiary/aromatic N) is 6. The molecule has 46 heavy (non-hydrogen) atoms. The Morgan fingerprint density at radius 3 is 0.870 bits per heavy atom. The minimum Gasteiger partial charge on any atom is -0.255 e. The number of carboxylic acid groups (broad SMARTS) is 2. The van der Waals surface area contributed by atoms with Crippen LogP contribution in [0.15, 0.2) is 134 Å². The Morgan fingerprint density at radius 2 is 0.696 bits per heavy atom. The van der Waals surface area contributed by atoms with Crippen molar-refractivity contribution >= 4 is 41.0 Å². The number of carbonyl (C=O) groups is 2. The standard InChI is InChI=1S/C12H8N2O4.2C10H8N2.3ClH.Ru/c15-11(16)7-1-3-9(13-5-7)10-4-2-8(6-14-10)12(17)18;2*1-3-7-11-9(5-1)10-6-2-4-8-12-10;;;;/h1-6H,(H,15,16)(H,17,18);2*1-8H;3*1H;/q;;;;;;+3/p-3. The minimum absolute atomic E-state index is 0.0842. The topological polar surface area (TPSA) is 152 Å². The molecule has 10 nitrogen and oxygen atoms in total. The van der Waals surface area contributed by atoms with E-state index in [1.807, 2.05) is 72.8 Å². The van der Waals surface area contributed by atoms with Gasteiger partial charge in [0.1, 0.15) is 0 Å². The summed E-state index contributed by atoms with van der Waals surface area (Å²) in [6.45, 7) is 0. The predicted molar refractivity (Wildman–Crippen MR) is 174 cm³/mol. The van der Waals surface area contributed by atoms with Gasteiger partial charge in [-0.05, 0) is 72.8 Å². The van der Waals surface area contributed by atoms with E-state index < -0.39 is 24.9 Å². The first-order valence-corrected chi connectivity index (χ1v) is 19.7. The van der Waals surface area contributed by atoms with Crippen LogP contribution in [0.25, 0.3) is 34.2 Å². The summed E-state index contributed by atoms with van der Waals surface area (Å²) < 4.78 is 0. The van der Waals surface area contributed by atoms with Crippen LogP contribution in [0.4, 0.5) is 0 Å². The van der Waals surface area contributed by atoms with Gasteiger partial charge in [0.05, 0.1) is 45.3 Å². The molecular weight excluding hydrogens is 740 g/mol. The second-order valence-electron chi connectivity index (χ2n) is 8.49. The van der Waals surface area contributed by atoms with E-state index in [4.69, 9.17) is 39.3 Å². The van der Waals surface area contributed by atoms with Crippen molar-refractivity contribution < 1.29 is 32.8 Å². The molecule has 6 aromatic rings. The van der Waals surface area contributed by atoms with Gasteiger partial charge in [-0.1, -0.05) is 24.3 Å². The van der Waals surface area contributed by atoms with Crippen molar-refractivity contribution in [2.75, 3.05) is 0 Å². The van der Waals surface area contributed by atoms with Crippen molar-refractivity contribution in [3.8, 4) is 34.2 Å². The number of hydrogen-bond acceptors (Lipinski definition) is 8. The van der Waals surface area contributed by atoms with E-state index in [1.165, 1.54) is 36.7 Å². The molecule has 14 heteroatoms. The number of hydrogen-bond donors (Lipinski definition) is 2. The summed E-state index contributed by atoms with van der Waals surface area (Å²) in [4.78, 5) is 45.9. The molecule has 0 saturated heterocycles. The smallest absolute Gasteiger partial charge is 0.0886 e. The molecule has 0 amide bonds. The van der Waals surface area contributed by atoms with E-state index >= 15 is 0 Å². The first kappa shape index (κ1) is 35.8. The first-order valence-electron chi connectivity index (χ1n) is 13.0. The van der Waals surface area contributed by atoms with E-state index in [2.05, 4.69) is 29.9 Å². The molecule has 0 aliphatic heterocycles. The zero-order chi connectivity index (χ0) is 33.1. The monoisotopic (exact) mass is 763 g/mol. The fourth-order valence-corrected chi connectivity index (χ4v) is 3.40. The molecule has 2 N–H and O–H groups in total. The number of aromatic carboxylic acids is 2. The minimum atomic E-state index is -1.75. The van der Waals surface area contributed by atoms with E-state index in [9.17, 15) is 9.59 Å².